The second kappa shape index (κ2) is 9.44. The lowest BCUT2D eigenvalue weighted by atomic mass is 10.0. The number of nitrogens with one attached hydrogen (secondary N) is 1. The molecule has 1 amide bonds. The van der Waals surface area contributed by atoms with E-state index in [1.807, 2.05) is 24.3 Å². The fourth-order valence-corrected chi connectivity index (χ4v) is 6.52. The number of para-hydroxylation sites is 1. The zero-order valence-electron chi connectivity index (χ0n) is 19.4. The number of hydrogen-bond donors (Lipinski definition) is 1. The van der Waals surface area contributed by atoms with Crippen LogP contribution in [0.3, 0.4) is 0 Å². The molecule has 1 atom stereocenters. The second-order valence-corrected chi connectivity index (χ2v) is 11.4. The Labute approximate surface area is 207 Å². The molecule has 0 bridgehead atoms. The van der Waals surface area contributed by atoms with Gasteiger partial charge in [0.25, 0.3) is 5.91 Å². The van der Waals surface area contributed by atoms with Crippen molar-refractivity contribution in [3.8, 4) is 17.2 Å². The fourth-order valence-electron chi connectivity index (χ4n) is 4.23. The first-order valence-electron chi connectivity index (χ1n) is 11.3. The average molecular weight is 512 g/mol. The highest BCUT2D eigenvalue weighted by Gasteiger charge is 2.28. The number of ether oxygens (including phenoxy) is 1. The summed E-state index contributed by atoms with van der Waals surface area (Å²) in [6.45, 7) is 3.11. The van der Waals surface area contributed by atoms with Gasteiger partial charge in [-0.05, 0) is 55.2 Å². The lowest BCUT2D eigenvalue weighted by Crippen LogP contribution is -2.39. The van der Waals surface area contributed by atoms with Crippen molar-refractivity contribution >= 4 is 43.4 Å². The van der Waals surface area contributed by atoms with Gasteiger partial charge in [-0.15, -0.1) is 11.3 Å². The van der Waals surface area contributed by atoms with E-state index >= 15 is 0 Å². The molecule has 4 aromatic rings. The molecule has 0 saturated carbocycles. The van der Waals surface area contributed by atoms with Crippen molar-refractivity contribution in [1.29, 1.82) is 0 Å². The number of amides is 1. The van der Waals surface area contributed by atoms with Crippen molar-refractivity contribution in [2.45, 2.75) is 24.7 Å². The summed E-state index contributed by atoms with van der Waals surface area (Å²) in [5, 5.41) is 5.88. The van der Waals surface area contributed by atoms with Gasteiger partial charge >= 0.3 is 0 Å². The van der Waals surface area contributed by atoms with E-state index < -0.39 is 10.0 Å². The number of rotatable bonds is 6. The maximum absolute atomic E-state index is 12.9. The summed E-state index contributed by atoms with van der Waals surface area (Å²) in [5.74, 6) is 1.18. The minimum absolute atomic E-state index is 0.194. The number of fused-ring (bicyclic) bond motifs is 1. The molecule has 10 heteroatoms. The van der Waals surface area contributed by atoms with Gasteiger partial charge in [0.1, 0.15) is 5.69 Å². The topological polar surface area (TPSA) is 102 Å². The largest absolute Gasteiger partial charge is 0.493 e. The highest BCUT2D eigenvalue weighted by molar-refractivity contribution is 7.89. The molecule has 8 nitrogen and oxygen atoms in total. The predicted octanol–water partition coefficient (Wildman–Crippen LogP) is 5.24. The number of methoxy groups -OCH3 is 1. The van der Waals surface area contributed by atoms with Crippen LogP contribution in [0.5, 0.6) is 5.75 Å². The molecule has 1 aliphatic heterocycles. The van der Waals surface area contributed by atoms with Crippen molar-refractivity contribution in [3.05, 3.63) is 59.5 Å². The number of benzene rings is 2. The predicted molar refractivity (Wildman–Crippen MR) is 135 cm³/mol. The zero-order valence-corrected chi connectivity index (χ0v) is 21.0. The molecule has 1 fully saturated rings. The molecule has 2 aromatic heterocycles. The van der Waals surface area contributed by atoms with E-state index in [1.165, 1.54) is 39.9 Å². The second-order valence-electron chi connectivity index (χ2n) is 8.62. The summed E-state index contributed by atoms with van der Waals surface area (Å²) in [5.41, 5.74) is 1.58. The number of anilines is 1. The summed E-state index contributed by atoms with van der Waals surface area (Å²) in [4.78, 5) is 17.4. The first-order valence-corrected chi connectivity index (χ1v) is 13.6. The maximum atomic E-state index is 12.9. The number of nitrogens with zero attached hydrogens (tertiary/aromatic N) is 2. The maximum Gasteiger partial charge on any atom is 0.257 e. The number of hydrogen-bond acceptors (Lipinski definition) is 7. The van der Waals surface area contributed by atoms with Crippen LogP contribution in [-0.4, -0.2) is 43.8 Å². The third kappa shape index (κ3) is 4.69. The Kier molecular flexibility index (Phi) is 6.35. The smallest absolute Gasteiger partial charge is 0.257 e. The number of thiazole rings is 1. The van der Waals surface area contributed by atoms with Crippen molar-refractivity contribution in [2.24, 2.45) is 5.92 Å². The van der Waals surface area contributed by atoms with Crippen molar-refractivity contribution < 1.29 is 22.4 Å². The standard InChI is InChI=1S/C25H25N3O5S2/c1-16-5-4-12-28(14-16)35(30,31)19-10-8-17(9-11-19)24(29)27-25-26-20(15-34-25)22-13-18-6-3-7-21(32-2)23(18)33-22/h3,6-11,13,15-16H,4-5,12,14H2,1-2H3,(H,26,27,29)/t16-/m1/s1. The fraction of sp³-hybridized carbons (Fsp3) is 0.280. The molecule has 1 aliphatic rings. The summed E-state index contributed by atoms with van der Waals surface area (Å²) < 4.78 is 38.7. The zero-order chi connectivity index (χ0) is 24.6. The van der Waals surface area contributed by atoms with Gasteiger partial charge in [-0.2, -0.15) is 4.31 Å². The van der Waals surface area contributed by atoms with E-state index in [2.05, 4.69) is 17.2 Å². The third-order valence-corrected chi connectivity index (χ3v) is 8.72. The number of carbonyl (C=O) groups is 1. The van der Waals surface area contributed by atoms with Gasteiger partial charge in [-0.1, -0.05) is 19.1 Å². The summed E-state index contributed by atoms with van der Waals surface area (Å²) in [7, 11) is -1.98. The summed E-state index contributed by atoms with van der Waals surface area (Å²) >= 11 is 1.28. The van der Waals surface area contributed by atoms with Crippen LogP contribution in [0.2, 0.25) is 0 Å². The molecule has 35 heavy (non-hydrogen) atoms. The Morgan fingerprint density at radius 3 is 2.77 bits per heavy atom. The summed E-state index contributed by atoms with van der Waals surface area (Å²) in [6, 6.07) is 13.5. The molecule has 0 aliphatic carbocycles. The van der Waals surface area contributed by atoms with Crippen LogP contribution < -0.4 is 10.1 Å². The highest BCUT2D eigenvalue weighted by Crippen LogP contribution is 2.34. The van der Waals surface area contributed by atoms with E-state index in [9.17, 15) is 13.2 Å². The molecule has 1 saturated heterocycles. The minimum Gasteiger partial charge on any atom is -0.493 e. The van der Waals surface area contributed by atoms with Gasteiger partial charge < -0.3 is 9.15 Å². The lowest BCUT2D eigenvalue weighted by molar-refractivity contribution is 0.102. The lowest BCUT2D eigenvalue weighted by Gasteiger charge is -2.30. The molecule has 182 valence electrons. The van der Waals surface area contributed by atoms with Crippen LogP contribution in [0.4, 0.5) is 5.13 Å². The van der Waals surface area contributed by atoms with Gasteiger partial charge in [0.05, 0.1) is 12.0 Å². The molecule has 2 aromatic carbocycles. The quantitative estimate of drug-likeness (QED) is 0.380. The van der Waals surface area contributed by atoms with E-state index in [0.717, 1.165) is 18.2 Å². The Hall–Kier alpha value is -3.21. The van der Waals surface area contributed by atoms with Gasteiger partial charge in [-0.3, -0.25) is 10.1 Å². The third-order valence-electron chi connectivity index (χ3n) is 6.08. The van der Waals surface area contributed by atoms with E-state index in [-0.39, 0.29) is 10.8 Å². The number of furan rings is 1. The van der Waals surface area contributed by atoms with Gasteiger partial charge in [0.2, 0.25) is 10.0 Å². The van der Waals surface area contributed by atoms with Crippen molar-refractivity contribution in [3.63, 3.8) is 0 Å². The molecule has 5 rings (SSSR count). The van der Waals surface area contributed by atoms with Crippen LogP contribution >= 0.6 is 11.3 Å². The number of sulfonamides is 1. The Bertz CT molecular complexity index is 1470. The SMILES string of the molecule is COc1cccc2cc(-c3csc(NC(=O)c4ccc(S(=O)(=O)N5CCC[C@@H](C)C5)cc4)n3)oc12. The molecule has 1 N–H and O–H groups in total. The van der Waals surface area contributed by atoms with E-state index in [0.29, 0.717) is 52.5 Å². The number of aromatic nitrogens is 1. The van der Waals surface area contributed by atoms with Crippen LogP contribution in [0.15, 0.2) is 63.2 Å². The van der Waals surface area contributed by atoms with Crippen LogP contribution in [0, 0.1) is 5.92 Å². The number of carbonyl (C=O) groups excluding carboxylic acids is 1. The van der Waals surface area contributed by atoms with Crippen LogP contribution in [0.25, 0.3) is 22.4 Å². The minimum atomic E-state index is -3.57. The molecule has 0 unspecified atom stereocenters. The molecule has 0 spiro atoms. The van der Waals surface area contributed by atoms with Crippen LogP contribution in [-0.2, 0) is 10.0 Å². The normalized spacial score (nSPS) is 16.9. The van der Waals surface area contributed by atoms with Gasteiger partial charge in [0.15, 0.2) is 22.2 Å². The Balaban J connectivity index is 1.29. The first kappa shape index (κ1) is 23.5. The van der Waals surface area contributed by atoms with Gasteiger partial charge in [0, 0.05) is 29.4 Å². The van der Waals surface area contributed by atoms with E-state index in [1.54, 1.807) is 12.5 Å². The van der Waals surface area contributed by atoms with Crippen LogP contribution in [0.1, 0.15) is 30.1 Å². The monoisotopic (exact) mass is 511 g/mol. The Morgan fingerprint density at radius 2 is 2.03 bits per heavy atom. The van der Waals surface area contributed by atoms with Crippen molar-refractivity contribution in [2.75, 3.05) is 25.5 Å². The summed E-state index contributed by atoms with van der Waals surface area (Å²) in [6.07, 6.45) is 1.90. The van der Waals surface area contributed by atoms with Crippen molar-refractivity contribution in [1.82, 2.24) is 9.29 Å². The first-order chi connectivity index (χ1) is 16.8. The number of piperidine rings is 1. The Morgan fingerprint density at radius 1 is 1.23 bits per heavy atom. The van der Waals surface area contributed by atoms with Gasteiger partial charge in [-0.25, -0.2) is 13.4 Å². The molecule has 0 radical (unpaired) electrons. The molecular formula is C25H25N3O5S2. The van der Waals surface area contributed by atoms with E-state index in [4.69, 9.17) is 9.15 Å². The molecular weight excluding hydrogens is 486 g/mol. The highest BCUT2D eigenvalue weighted by atomic mass is 32.2. The molecule has 3 heterocycles. The average Bonchev–Trinajstić information content (AvgIpc) is 3.51.